The maximum Gasteiger partial charge on any atom is 0.160 e. The molecular weight excluding hydrogens is 252 g/mol. The Morgan fingerprint density at radius 3 is 2.67 bits per heavy atom. The van der Waals surface area contributed by atoms with E-state index in [4.69, 9.17) is 5.73 Å². The van der Waals surface area contributed by atoms with Crippen molar-refractivity contribution in [2.24, 2.45) is 0 Å². The number of hydrogen-bond acceptors (Lipinski definition) is 5. The summed E-state index contributed by atoms with van der Waals surface area (Å²) in [6.07, 6.45) is 3.00. The number of aromatic nitrogens is 3. The number of anilines is 1. The van der Waals surface area contributed by atoms with Crippen LogP contribution in [0.5, 0.6) is 0 Å². The molecular formula is C11H14N4O2S. The van der Waals surface area contributed by atoms with Crippen molar-refractivity contribution in [3.63, 3.8) is 0 Å². The Hall–Kier alpha value is -1.63. The Balaban J connectivity index is 1.98. The first-order chi connectivity index (χ1) is 8.55. The summed E-state index contributed by atoms with van der Waals surface area (Å²) in [6, 6.07) is 3.59. The average Bonchev–Trinajstić information content (AvgIpc) is 2.72. The highest BCUT2D eigenvalue weighted by Gasteiger charge is 2.27. The molecule has 2 N–H and O–H groups in total. The molecule has 0 spiro atoms. The first-order valence-corrected chi connectivity index (χ1v) is 7.68. The monoisotopic (exact) mass is 266 g/mol. The van der Waals surface area contributed by atoms with E-state index < -0.39 is 9.84 Å². The Kier molecular flexibility index (Phi) is 2.51. The Morgan fingerprint density at radius 2 is 1.94 bits per heavy atom. The van der Waals surface area contributed by atoms with Gasteiger partial charge in [0.05, 0.1) is 11.5 Å². The summed E-state index contributed by atoms with van der Waals surface area (Å²) >= 11 is 0. The normalized spacial score (nSPS) is 20.2. The van der Waals surface area contributed by atoms with Crippen LogP contribution in [-0.4, -0.2) is 34.5 Å². The molecule has 2 aromatic heterocycles. The molecule has 3 rings (SSSR count). The Morgan fingerprint density at radius 1 is 1.22 bits per heavy atom. The van der Waals surface area contributed by atoms with E-state index in [-0.39, 0.29) is 17.4 Å². The lowest BCUT2D eigenvalue weighted by Gasteiger charge is -2.20. The molecule has 0 bridgehead atoms. The minimum atomic E-state index is -2.85. The number of rotatable bonds is 1. The van der Waals surface area contributed by atoms with E-state index in [1.165, 1.54) is 0 Å². The highest BCUT2D eigenvalue weighted by atomic mass is 32.2. The van der Waals surface area contributed by atoms with Gasteiger partial charge in [-0.25, -0.2) is 8.42 Å². The average molecular weight is 266 g/mol. The van der Waals surface area contributed by atoms with Gasteiger partial charge in [0, 0.05) is 17.8 Å². The van der Waals surface area contributed by atoms with Crippen LogP contribution in [-0.2, 0) is 9.84 Å². The van der Waals surface area contributed by atoms with Gasteiger partial charge in [0.2, 0.25) is 0 Å². The zero-order valence-electron chi connectivity index (χ0n) is 9.78. The van der Waals surface area contributed by atoms with Crippen LogP contribution in [0.1, 0.15) is 24.6 Å². The summed E-state index contributed by atoms with van der Waals surface area (Å²) in [6.45, 7) is 0. The molecule has 1 saturated heterocycles. The highest BCUT2D eigenvalue weighted by Crippen LogP contribution is 2.28. The fourth-order valence-corrected chi connectivity index (χ4v) is 3.84. The van der Waals surface area contributed by atoms with E-state index in [1.807, 2.05) is 10.5 Å². The number of sulfone groups is 1. The summed E-state index contributed by atoms with van der Waals surface area (Å²) < 4.78 is 24.7. The molecule has 1 fully saturated rings. The van der Waals surface area contributed by atoms with E-state index in [1.54, 1.807) is 12.3 Å². The number of nitrogen functional groups attached to an aromatic ring is 1. The Bertz CT molecular complexity index is 678. The molecule has 0 saturated carbocycles. The van der Waals surface area contributed by atoms with Crippen molar-refractivity contribution in [3.8, 4) is 0 Å². The first-order valence-electron chi connectivity index (χ1n) is 5.86. The third-order valence-corrected chi connectivity index (χ3v) is 5.09. The third kappa shape index (κ3) is 1.94. The molecule has 96 valence electrons. The van der Waals surface area contributed by atoms with Crippen LogP contribution < -0.4 is 5.73 Å². The molecule has 0 radical (unpaired) electrons. The molecule has 0 aromatic carbocycles. The second-order valence-corrected chi connectivity index (χ2v) is 6.98. The number of hydrogen-bond donors (Lipinski definition) is 1. The largest absolute Gasteiger partial charge is 0.398 e. The van der Waals surface area contributed by atoms with Crippen LogP contribution >= 0.6 is 0 Å². The van der Waals surface area contributed by atoms with Crippen LogP contribution in [0.3, 0.4) is 0 Å². The van der Waals surface area contributed by atoms with Crippen molar-refractivity contribution < 1.29 is 8.42 Å². The quantitative estimate of drug-likeness (QED) is 0.816. The second kappa shape index (κ2) is 3.94. The zero-order valence-corrected chi connectivity index (χ0v) is 10.6. The van der Waals surface area contributed by atoms with Crippen molar-refractivity contribution in [2.45, 2.75) is 18.8 Å². The fraction of sp³-hybridized carbons (Fsp3) is 0.455. The molecule has 3 heterocycles. The molecule has 6 nitrogen and oxygen atoms in total. The van der Waals surface area contributed by atoms with Gasteiger partial charge in [-0.15, -0.1) is 10.2 Å². The molecule has 2 aromatic rings. The van der Waals surface area contributed by atoms with Gasteiger partial charge in [-0.1, -0.05) is 0 Å². The predicted molar refractivity (Wildman–Crippen MR) is 68.0 cm³/mol. The highest BCUT2D eigenvalue weighted by molar-refractivity contribution is 7.91. The molecule has 7 heteroatoms. The van der Waals surface area contributed by atoms with E-state index in [0.717, 1.165) is 11.5 Å². The molecule has 0 aliphatic carbocycles. The lowest BCUT2D eigenvalue weighted by Crippen LogP contribution is -2.23. The second-order valence-electron chi connectivity index (χ2n) is 4.67. The smallest absolute Gasteiger partial charge is 0.160 e. The van der Waals surface area contributed by atoms with E-state index in [0.29, 0.717) is 18.5 Å². The first kappa shape index (κ1) is 11.5. The molecule has 18 heavy (non-hydrogen) atoms. The summed E-state index contributed by atoms with van der Waals surface area (Å²) in [5.41, 5.74) is 7.14. The lowest BCUT2D eigenvalue weighted by atomic mass is 10.0. The maximum atomic E-state index is 11.4. The topological polar surface area (TPSA) is 90.3 Å². The zero-order chi connectivity index (χ0) is 12.8. The van der Waals surface area contributed by atoms with Crippen LogP contribution in [0, 0.1) is 0 Å². The van der Waals surface area contributed by atoms with E-state index in [2.05, 4.69) is 10.2 Å². The number of fused-ring (bicyclic) bond motifs is 1. The summed E-state index contributed by atoms with van der Waals surface area (Å²) in [4.78, 5) is 0. The summed E-state index contributed by atoms with van der Waals surface area (Å²) in [7, 11) is -2.85. The predicted octanol–water partition coefficient (Wildman–Crippen LogP) is 0.604. The standard InChI is InChI=1S/C11H14N4O2S/c12-9-1-2-10-13-14-11(15(10)7-9)8-3-5-18(16,17)6-4-8/h1-2,7-8H,3-6,12H2. The Labute approximate surface area is 105 Å². The minimum absolute atomic E-state index is 0.144. The van der Waals surface area contributed by atoms with Gasteiger partial charge in [0.25, 0.3) is 0 Å². The van der Waals surface area contributed by atoms with Gasteiger partial charge in [-0.2, -0.15) is 0 Å². The van der Waals surface area contributed by atoms with E-state index in [9.17, 15) is 8.42 Å². The van der Waals surface area contributed by atoms with Gasteiger partial charge in [-0.3, -0.25) is 4.40 Å². The van der Waals surface area contributed by atoms with Crippen LogP contribution in [0.25, 0.3) is 5.65 Å². The van der Waals surface area contributed by atoms with Crippen LogP contribution in [0.15, 0.2) is 18.3 Å². The third-order valence-electron chi connectivity index (χ3n) is 3.37. The van der Waals surface area contributed by atoms with Gasteiger partial charge in [0.15, 0.2) is 5.65 Å². The van der Waals surface area contributed by atoms with Crippen molar-refractivity contribution in [1.82, 2.24) is 14.6 Å². The van der Waals surface area contributed by atoms with Gasteiger partial charge >= 0.3 is 0 Å². The molecule has 1 aliphatic rings. The number of pyridine rings is 1. The van der Waals surface area contributed by atoms with Gasteiger partial charge in [0.1, 0.15) is 15.7 Å². The van der Waals surface area contributed by atoms with Gasteiger partial charge < -0.3 is 5.73 Å². The lowest BCUT2D eigenvalue weighted by molar-refractivity contribution is 0.534. The number of nitrogens with two attached hydrogens (primary N) is 1. The summed E-state index contributed by atoms with van der Waals surface area (Å²) in [5, 5.41) is 8.25. The van der Waals surface area contributed by atoms with Crippen molar-refractivity contribution in [2.75, 3.05) is 17.2 Å². The fourth-order valence-electron chi connectivity index (χ4n) is 2.35. The minimum Gasteiger partial charge on any atom is -0.398 e. The SMILES string of the molecule is Nc1ccc2nnc(C3CCS(=O)(=O)CC3)n2c1. The van der Waals surface area contributed by atoms with Crippen LogP contribution in [0.2, 0.25) is 0 Å². The van der Waals surface area contributed by atoms with Crippen molar-refractivity contribution >= 4 is 21.2 Å². The summed E-state index contributed by atoms with van der Waals surface area (Å²) in [5.74, 6) is 1.42. The van der Waals surface area contributed by atoms with Crippen LogP contribution in [0.4, 0.5) is 5.69 Å². The molecule has 0 unspecified atom stereocenters. The molecule has 0 atom stereocenters. The molecule has 0 amide bonds. The van der Waals surface area contributed by atoms with Gasteiger partial charge in [-0.05, 0) is 25.0 Å². The molecule has 1 aliphatic heterocycles. The number of nitrogens with zero attached hydrogens (tertiary/aromatic N) is 3. The van der Waals surface area contributed by atoms with Crippen molar-refractivity contribution in [1.29, 1.82) is 0 Å². The maximum absolute atomic E-state index is 11.4. The van der Waals surface area contributed by atoms with E-state index >= 15 is 0 Å². The van der Waals surface area contributed by atoms with Crippen molar-refractivity contribution in [3.05, 3.63) is 24.2 Å².